The van der Waals surface area contributed by atoms with Gasteiger partial charge in [-0.2, -0.15) is 0 Å². The minimum Gasteiger partial charge on any atom is -0.379 e. The van der Waals surface area contributed by atoms with Crippen molar-refractivity contribution in [2.75, 3.05) is 5.32 Å². The summed E-state index contributed by atoms with van der Waals surface area (Å²) in [5.41, 5.74) is 1.06. The summed E-state index contributed by atoms with van der Waals surface area (Å²) in [5.74, 6) is -0.319. The number of anilines is 1. The van der Waals surface area contributed by atoms with Crippen molar-refractivity contribution in [1.82, 2.24) is 0 Å². The summed E-state index contributed by atoms with van der Waals surface area (Å²) < 4.78 is 12.8. The van der Waals surface area contributed by atoms with E-state index in [9.17, 15) is 14.5 Å². The Labute approximate surface area is 124 Å². The minimum atomic E-state index is -0.568. The largest absolute Gasteiger partial charge is 0.379 e. The average molecular weight is 315 g/mol. The molecule has 4 nitrogen and oxygen atoms in total. The highest BCUT2D eigenvalue weighted by Gasteiger charge is 2.14. The predicted octanol–water partition coefficient (Wildman–Crippen LogP) is 4.65. The molecule has 0 saturated heterocycles. The van der Waals surface area contributed by atoms with Gasteiger partial charge in [-0.3, -0.25) is 10.1 Å². The molecule has 1 N–H and O–H groups in total. The number of halogens is 3. The molecule has 104 valence electrons. The van der Waals surface area contributed by atoms with Gasteiger partial charge in [0.05, 0.1) is 20.7 Å². The summed E-state index contributed by atoms with van der Waals surface area (Å²) in [6, 6.07) is 8.37. The van der Waals surface area contributed by atoms with Crippen molar-refractivity contribution < 1.29 is 9.31 Å². The molecular formula is C13H9Cl2FN2O2. The van der Waals surface area contributed by atoms with E-state index in [1.54, 1.807) is 12.1 Å². The van der Waals surface area contributed by atoms with Crippen molar-refractivity contribution in [3.63, 3.8) is 0 Å². The second-order valence-electron chi connectivity index (χ2n) is 4.02. The number of non-ortho nitro benzene ring substituents is 1. The van der Waals surface area contributed by atoms with Crippen LogP contribution in [-0.2, 0) is 6.54 Å². The molecule has 0 unspecified atom stereocenters. The first-order chi connectivity index (χ1) is 9.47. The van der Waals surface area contributed by atoms with Gasteiger partial charge in [0.25, 0.3) is 5.69 Å². The quantitative estimate of drug-likeness (QED) is 0.660. The Morgan fingerprint density at radius 1 is 1.15 bits per heavy atom. The minimum absolute atomic E-state index is 0.159. The number of nitro benzene ring substituents is 1. The molecule has 7 heteroatoms. The highest BCUT2D eigenvalue weighted by atomic mass is 35.5. The molecule has 0 aliphatic rings. The van der Waals surface area contributed by atoms with Crippen LogP contribution in [0.5, 0.6) is 0 Å². The SMILES string of the molecule is O=[N+]([O-])c1cc(Cl)c(NCc2ccc(F)cc2)c(Cl)c1. The second-order valence-corrected chi connectivity index (χ2v) is 4.84. The Morgan fingerprint density at radius 2 is 1.70 bits per heavy atom. The smallest absolute Gasteiger partial charge is 0.272 e. The highest BCUT2D eigenvalue weighted by molar-refractivity contribution is 6.39. The zero-order valence-electron chi connectivity index (χ0n) is 10.1. The monoisotopic (exact) mass is 314 g/mol. The number of hydrogen-bond donors (Lipinski definition) is 1. The fourth-order valence-electron chi connectivity index (χ4n) is 1.63. The topological polar surface area (TPSA) is 55.2 Å². The molecule has 0 spiro atoms. The van der Waals surface area contributed by atoms with Crippen LogP contribution in [-0.4, -0.2) is 4.92 Å². The Balaban J connectivity index is 2.17. The Bertz CT molecular complexity index is 624. The van der Waals surface area contributed by atoms with Crippen molar-refractivity contribution in [2.24, 2.45) is 0 Å². The lowest BCUT2D eigenvalue weighted by Crippen LogP contribution is -2.01. The van der Waals surface area contributed by atoms with Gasteiger partial charge in [0.2, 0.25) is 0 Å². The van der Waals surface area contributed by atoms with E-state index in [4.69, 9.17) is 23.2 Å². The van der Waals surface area contributed by atoms with Crippen molar-refractivity contribution in [2.45, 2.75) is 6.54 Å². The van der Waals surface area contributed by atoms with Crippen molar-refractivity contribution in [3.8, 4) is 0 Å². The lowest BCUT2D eigenvalue weighted by Gasteiger charge is -2.10. The van der Waals surface area contributed by atoms with Gasteiger partial charge in [0.1, 0.15) is 5.82 Å². The number of rotatable bonds is 4. The maximum atomic E-state index is 12.8. The van der Waals surface area contributed by atoms with Gasteiger partial charge >= 0.3 is 0 Å². The standard InChI is InChI=1S/C13H9Cl2FN2O2/c14-11-5-10(18(19)20)6-12(15)13(11)17-7-8-1-3-9(16)4-2-8/h1-6,17H,7H2. The molecule has 0 aliphatic carbocycles. The third kappa shape index (κ3) is 3.37. The van der Waals surface area contributed by atoms with Gasteiger partial charge in [0, 0.05) is 18.7 Å². The number of nitrogens with zero attached hydrogens (tertiary/aromatic N) is 1. The molecule has 2 rings (SSSR count). The molecule has 0 aromatic heterocycles. The van der Waals surface area contributed by atoms with Gasteiger partial charge in [0.15, 0.2) is 0 Å². The molecule has 20 heavy (non-hydrogen) atoms. The number of benzene rings is 2. The van der Waals surface area contributed by atoms with E-state index < -0.39 is 4.92 Å². The van der Waals surface area contributed by atoms with Crippen LogP contribution in [0.15, 0.2) is 36.4 Å². The first-order valence-electron chi connectivity index (χ1n) is 5.59. The van der Waals surface area contributed by atoms with Crippen molar-refractivity contribution in [3.05, 3.63) is 67.9 Å². The first-order valence-corrected chi connectivity index (χ1v) is 6.34. The Morgan fingerprint density at radius 3 is 2.20 bits per heavy atom. The normalized spacial score (nSPS) is 10.3. The van der Waals surface area contributed by atoms with Crippen LogP contribution < -0.4 is 5.32 Å². The molecule has 0 atom stereocenters. The van der Waals surface area contributed by atoms with Crippen LogP contribution >= 0.6 is 23.2 Å². The summed E-state index contributed by atoms with van der Waals surface area (Å²) in [7, 11) is 0. The van der Waals surface area contributed by atoms with Gasteiger partial charge in [-0.15, -0.1) is 0 Å². The molecule has 0 saturated carbocycles. The number of nitrogens with one attached hydrogen (secondary N) is 1. The van der Waals surface area contributed by atoms with Crippen LogP contribution in [0, 0.1) is 15.9 Å². The Hall–Kier alpha value is -1.85. The summed E-state index contributed by atoms with van der Waals surface area (Å²) in [6.45, 7) is 0.373. The van der Waals surface area contributed by atoms with E-state index in [-0.39, 0.29) is 21.5 Å². The Kier molecular flexibility index (Phi) is 4.42. The third-order valence-electron chi connectivity index (χ3n) is 2.62. The molecule has 0 aliphatic heterocycles. The van der Waals surface area contributed by atoms with Crippen molar-refractivity contribution in [1.29, 1.82) is 0 Å². The van der Waals surface area contributed by atoms with Gasteiger partial charge < -0.3 is 5.32 Å². The summed E-state index contributed by atoms with van der Waals surface area (Å²) >= 11 is 11.9. The molecule has 0 heterocycles. The molecule has 0 fully saturated rings. The molecule has 2 aromatic carbocycles. The zero-order chi connectivity index (χ0) is 14.7. The van der Waals surface area contributed by atoms with E-state index in [0.717, 1.165) is 5.56 Å². The molecule has 0 bridgehead atoms. The maximum Gasteiger partial charge on any atom is 0.272 e. The zero-order valence-corrected chi connectivity index (χ0v) is 11.6. The fourth-order valence-corrected chi connectivity index (χ4v) is 2.24. The fraction of sp³-hybridized carbons (Fsp3) is 0.0769. The van der Waals surface area contributed by atoms with E-state index in [1.807, 2.05) is 0 Å². The van der Waals surface area contributed by atoms with Crippen LogP contribution in [0.2, 0.25) is 10.0 Å². The molecular weight excluding hydrogens is 306 g/mol. The van der Waals surface area contributed by atoms with Crippen molar-refractivity contribution >= 4 is 34.6 Å². The predicted molar refractivity (Wildman–Crippen MR) is 76.8 cm³/mol. The maximum absolute atomic E-state index is 12.8. The van der Waals surface area contributed by atoms with E-state index in [1.165, 1.54) is 24.3 Å². The second kappa shape index (κ2) is 6.07. The van der Waals surface area contributed by atoms with E-state index in [0.29, 0.717) is 12.2 Å². The summed E-state index contributed by atoms with van der Waals surface area (Å²) in [5, 5.41) is 14.0. The lowest BCUT2D eigenvalue weighted by atomic mass is 10.2. The van der Waals surface area contributed by atoms with Gasteiger partial charge in [-0.25, -0.2) is 4.39 Å². The van der Waals surface area contributed by atoms with Crippen LogP contribution in [0.3, 0.4) is 0 Å². The molecule has 0 radical (unpaired) electrons. The highest BCUT2D eigenvalue weighted by Crippen LogP contribution is 2.34. The van der Waals surface area contributed by atoms with E-state index >= 15 is 0 Å². The summed E-state index contributed by atoms with van der Waals surface area (Å²) in [4.78, 5) is 10.1. The third-order valence-corrected chi connectivity index (χ3v) is 3.22. The average Bonchev–Trinajstić information content (AvgIpc) is 2.39. The van der Waals surface area contributed by atoms with Gasteiger partial charge in [-0.1, -0.05) is 35.3 Å². The summed E-state index contributed by atoms with van der Waals surface area (Å²) in [6.07, 6.45) is 0. The number of hydrogen-bond acceptors (Lipinski definition) is 3. The van der Waals surface area contributed by atoms with Crippen LogP contribution in [0.25, 0.3) is 0 Å². The van der Waals surface area contributed by atoms with E-state index in [2.05, 4.69) is 5.32 Å². The van der Waals surface area contributed by atoms with Crippen LogP contribution in [0.1, 0.15) is 5.56 Å². The first kappa shape index (κ1) is 14.6. The van der Waals surface area contributed by atoms with Gasteiger partial charge in [-0.05, 0) is 17.7 Å². The number of nitro groups is 1. The lowest BCUT2D eigenvalue weighted by molar-refractivity contribution is -0.384. The molecule has 2 aromatic rings. The van der Waals surface area contributed by atoms with Crippen LogP contribution in [0.4, 0.5) is 15.8 Å². The molecule has 0 amide bonds.